The molecular formula is C32H31N5O5S. The van der Waals surface area contributed by atoms with Crippen LogP contribution in [0.15, 0.2) is 79.4 Å². The molecule has 1 fully saturated rings. The summed E-state index contributed by atoms with van der Waals surface area (Å²) in [6.07, 6.45) is 0.628. The Morgan fingerprint density at radius 1 is 1.07 bits per heavy atom. The van der Waals surface area contributed by atoms with Crippen molar-refractivity contribution in [2.75, 3.05) is 18.8 Å². The smallest absolute Gasteiger partial charge is 0.262 e. The Kier molecular flexibility index (Phi) is 7.26. The number of amides is 2. The fraction of sp³-hybridized carbons (Fsp3) is 0.219. The molecule has 11 heteroatoms. The van der Waals surface area contributed by atoms with Crippen LogP contribution in [0.5, 0.6) is 11.5 Å². The van der Waals surface area contributed by atoms with Crippen molar-refractivity contribution in [2.45, 2.75) is 30.1 Å². The van der Waals surface area contributed by atoms with E-state index in [0.29, 0.717) is 44.0 Å². The molecule has 2 heterocycles. The number of ether oxygens (including phenoxy) is 1. The maximum absolute atomic E-state index is 14.0. The number of Topliss-reactive ketones (excluding diaryl/α,β-unsaturated/α-hetero) is 1. The van der Waals surface area contributed by atoms with E-state index in [1.807, 2.05) is 30.3 Å². The predicted octanol–water partition coefficient (Wildman–Crippen LogP) is 2.94. The summed E-state index contributed by atoms with van der Waals surface area (Å²) in [5, 5.41) is 13.8. The monoisotopic (exact) mass is 597 g/mol. The van der Waals surface area contributed by atoms with Gasteiger partial charge in [-0.2, -0.15) is 0 Å². The van der Waals surface area contributed by atoms with Crippen LogP contribution in [0.4, 0.5) is 5.69 Å². The van der Waals surface area contributed by atoms with Gasteiger partial charge in [-0.15, -0.1) is 11.3 Å². The van der Waals surface area contributed by atoms with Gasteiger partial charge in [-0.1, -0.05) is 43.0 Å². The lowest BCUT2D eigenvalue weighted by atomic mass is 9.70. The highest BCUT2D eigenvalue weighted by molar-refractivity contribution is 7.21. The van der Waals surface area contributed by atoms with Crippen molar-refractivity contribution >= 4 is 44.7 Å². The molecule has 3 aromatic carbocycles. The Labute approximate surface area is 251 Å². The van der Waals surface area contributed by atoms with Crippen molar-refractivity contribution in [3.8, 4) is 11.5 Å². The first kappa shape index (κ1) is 28.6. The van der Waals surface area contributed by atoms with E-state index in [9.17, 15) is 19.5 Å². The number of ketones is 1. The Hall–Kier alpha value is -4.55. The van der Waals surface area contributed by atoms with Gasteiger partial charge in [0.15, 0.2) is 5.78 Å². The van der Waals surface area contributed by atoms with E-state index in [1.54, 1.807) is 36.4 Å². The SMILES string of the molecule is C=CC(=O)N1C[C@H](O)C[C@@H](NC(=O)c2sc3c(N)ccc4c3c2C(N)C(=O)C4(N)c2ccc(Oc3ccccc3)cc2)C1. The number of aliphatic hydroxyl groups excluding tert-OH is 1. The maximum atomic E-state index is 14.0. The fourth-order valence-electron chi connectivity index (χ4n) is 6.00. The number of β-amino-alcohol motifs (C(OH)–C–C–N with tert-alkyl or cyclic N) is 1. The standard InChI is InChI=1S/C32H31N5O5S/c1-2-24(39)37-15-18(14-19(38)16-37)36-31(41)29-26-25-22(12-13-23(33)28(25)43-29)32(35,30(40)27(26)34)17-8-10-21(11-9-17)42-20-6-4-3-5-7-20/h2-13,18-19,27,38H,1,14-16,33-35H2,(H,36,41)/t18-,19-,27?,32?/m1/s1. The normalized spacial score (nSPS) is 23.2. The van der Waals surface area contributed by atoms with Crippen LogP contribution in [-0.4, -0.2) is 52.8 Å². The second kappa shape index (κ2) is 10.9. The van der Waals surface area contributed by atoms with Gasteiger partial charge in [0.25, 0.3) is 5.91 Å². The van der Waals surface area contributed by atoms with Gasteiger partial charge in [-0.25, -0.2) is 0 Å². The molecule has 2 amide bonds. The number of carbonyl (C=O) groups excluding carboxylic acids is 3. The minimum absolute atomic E-state index is 0.155. The number of aliphatic hydroxyl groups is 1. The first-order valence-electron chi connectivity index (χ1n) is 13.8. The van der Waals surface area contributed by atoms with E-state index >= 15 is 0 Å². The van der Waals surface area contributed by atoms with Gasteiger partial charge in [0, 0.05) is 35.8 Å². The summed E-state index contributed by atoms with van der Waals surface area (Å²) in [6.45, 7) is 3.87. The quantitative estimate of drug-likeness (QED) is 0.167. The van der Waals surface area contributed by atoms with Gasteiger partial charge < -0.3 is 37.3 Å². The minimum Gasteiger partial charge on any atom is -0.457 e. The van der Waals surface area contributed by atoms with E-state index in [2.05, 4.69) is 11.9 Å². The summed E-state index contributed by atoms with van der Waals surface area (Å²) < 4.78 is 6.51. The summed E-state index contributed by atoms with van der Waals surface area (Å²) in [7, 11) is 0. The molecule has 2 aliphatic rings. The van der Waals surface area contributed by atoms with Crippen LogP contribution >= 0.6 is 11.3 Å². The van der Waals surface area contributed by atoms with E-state index in [4.69, 9.17) is 21.9 Å². The summed E-state index contributed by atoms with van der Waals surface area (Å²) in [6, 6.07) is 17.9. The van der Waals surface area contributed by atoms with Crippen molar-refractivity contribution in [1.82, 2.24) is 10.2 Å². The van der Waals surface area contributed by atoms with E-state index in [-0.39, 0.29) is 30.3 Å². The first-order chi connectivity index (χ1) is 20.6. The molecule has 220 valence electrons. The summed E-state index contributed by atoms with van der Waals surface area (Å²) >= 11 is 1.14. The largest absolute Gasteiger partial charge is 0.457 e. The van der Waals surface area contributed by atoms with Gasteiger partial charge in [-0.05, 0) is 54.0 Å². The van der Waals surface area contributed by atoms with E-state index < -0.39 is 35.4 Å². The fourth-order valence-corrected chi connectivity index (χ4v) is 7.20. The topological polar surface area (TPSA) is 174 Å². The number of nitrogens with one attached hydrogen (secondary N) is 1. The molecule has 4 atom stereocenters. The molecule has 1 saturated heterocycles. The number of nitrogens with zero attached hydrogens (tertiary/aromatic N) is 1. The number of benzene rings is 3. The number of nitrogen functional groups attached to an aromatic ring is 1. The number of nitrogens with two attached hydrogens (primary N) is 3. The van der Waals surface area contributed by atoms with E-state index in [0.717, 1.165) is 11.3 Å². The lowest BCUT2D eigenvalue weighted by molar-refractivity contribution is -0.129. The van der Waals surface area contributed by atoms with Gasteiger partial charge in [-0.3, -0.25) is 14.4 Å². The average molecular weight is 598 g/mol. The molecule has 43 heavy (non-hydrogen) atoms. The predicted molar refractivity (Wildman–Crippen MR) is 165 cm³/mol. The molecule has 1 aliphatic carbocycles. The molecule has 8 N–H and O–H groups in total. The minimum atomic E-state index is -1.60. The van der Waals surface area contributed by atoms with Gasteiger partial charge in [0.05, 0.1) is 21.7 Å². The zero-order valence-corrected chi connectivity index (χ0v) is 24.0. The molecule has 4 aromatic rings. The second-order valence-corrected chi connectivity index (χ2v) is 11.9. The lowest BCUT2D eigenvalue weighted by Crippen LogP contribution is -2.54. The number of rotatable bonds is 6. The van der Waals surface area contributed by atoms with Gasteiger partial charge in [0.1, 0.15) is 17.0 Å². The third kappa shape index (κ3) is 4.86. The molecule has 10 nitrogen and oxygen atoms in total. The Morgan fingerprint density at radius 3 is 2.47 bits per heavy atom. The number of para-hydroxylation sites is 1. The first-order valence-corrected chi connectivity index (χ1v) is 14.6. The summed E-state index contributed by atoms with van der Waals surface area (Å²) in [5.41, 5.74) is 20.1. The van der Waals surface area contributed by atoms with Gasteiger partial charge in [0.2, 0.25) is 5.91 Å². The van der Waals surface area contributed by atoms with E-state index in [1.165, 1.54) is 11.0 Å². The number of thiophene rings is 1. The van der Waals surface area contributed by atoms with Crippen molar-refractivity contribution in [1.29, 1.82) is 0 Å². The highest BCUT2D eigenvalue weighted by atomic mass is 32.1. The van der Waals surface area contributed by atoms with Crippen LogP contribution in [0.2, 0.25) is 0 Å². The number of likely N-dealkylation sites (tertiary alicyclic amines) is 1. The van der Waals surface area contributed by atoms with Crippen LogP contribution < -0.4 is 27.3 Å². The molecule has 0 saturated carbocycles. The third-order valence-corrected chi connectivity index (χ3v) is 9.31. The lowest BCUT2D eigenvalue weighted by Gasteiger charge is -2.37. The number of anilines is 1. The number of hydrogen-bond donors (Lipinski definition) is 5. The zero-order chi connectivity index (χ0) is 30.5. The van der Waals surface area contributed by atoms with Crippen LogP contribution in [0.1, 0.15) is 38.8 Å². The molecule has 0 radical (unpaired) electrons. The van der Waals surface area contributed by atoms with Crippen molar-refractivity contribution < 1.29 is 24.2 Å². The molecule has 6 rings (SSSR count). The van der Waals surface area contributed by atoms with Crippen molar-refractivity contribution in [2.24, 2.45) is 11.5 Å². The molecule has 1 aliphatic heterocycles. The Balaban J connectivity index is 1.37. The van der Waals surface area contributed by atoms with Crippen LogP contribution in [0.25, 0.3) is 10.1 Å². The zero-order valence-electron chi connectivity index (χ0n) is 23.2. The van der Waals surface area contributed by atoms with Gasteiger partial charge >= 0.3 is 0 Å². The number of piperidine rings is 1. The average Bonchev–Trinajstić information content (AvgIpc) is 3.42. The summed E-state index contributed by atoms with van der Waals surface area (Å²) in [4.78, 5) is 41.6. The third-order valence-electron chi connectivity index (χ3n) is 8.06. The maximum Gasteiger partial charge on any atom is 0.262 e. The second-order valence-electron chi connectivity index (χ2n) is 10.8. The highest BCUT2D eigenvalue weighted by Crippen LogP contribution is 2.49. The molecule has 0 bridgehead atoms. The molecule has 0 spiro atoms. The highest BCUT2D eigenvalue weighted by Gasteiger charge is 2.49. The van der Waals surface area contributed by atoms with Crippen molar-refractivity contribution in [3.05, 3.63) is 101 Å². The Morgan fingerprint density at radius 2 is 1.77 bits per heavy atom. The number of hydrogen-bond acceptors (Lipinski definition) is 9. The number of carbonyl (C=O) groups is 3. The summed E-state index contributed by atoms with van der Waals surface area (Å²) in [5.74, 6) is -0.0259. The Bertz CT molecular complexity index is 1760. The van der Waals surface area contributed by atoms with Crippen molar-refractivity contribution in [3.63, 3.8) is 0 Å². The van der Waals surface area contributed by atoms with Crippen LogP contribution in [-0.2, 0) is 15.1 Å². The molecule has 1 aromatic heterocycles. The molecular weight excluding hydrogens is 566 g/mol. The van der Waals surface area contributed by atoms with Crippen LogP contribution in [0.3, 0.4) is 0 Å². The van der Waals surface area contributed by atoms with Crippen LogP contribution in [0, 0.1) is 0 Å². The molecule has 2 unspecified atom stereocenters.